The van der Waals surface area contributed by atoms with Gasteiger partial charge in [0.1, 0.15) is 5.82 Å². The van der Waals surface area contributed by atoms with Gasteiger partial charge in [-0.2, -0.15) is 5.21 Å². The molecule has 0 radical (unpaired) electrons. The molecule has 3 aromatic heterocycles. The fraction of sp³-hybridized carbons (Fsp3) is 0.250. The van der Waals surface area contributed by atoms with E-state index in [0.717, 1.165) is 38.2 Å². The summed E-state index contributed by atoms with van der Waals surface area (Å²) in [5.74, 6) is 0.104. The van der Waals surface area contributed by atoms with E-state index >= 15 is 0 Å². The van der Waals surface area contributed by atoms with Crippen molar-refractivity contribution in [1.29, 1.82) is 0 Å². The van der Waals surface area contributed by atoms with E-state index in [1.807, 2.05) is 30.3 Å². The number of benzene rings is 1. The van der Waals surface area contributed by atoms with Gasteiger partial charge >= 0.3 is 5.97 Å². The highest BCUT2D eigenvalue weighted by atomic mass is 79.9. The van der Waals surface area contributed by atoms with Crippen molar-refractivity contribution in [2.45, 2.75) is 32.7 Å². The van der Waals surface area contributed by atoms with Gasteiger partial charge in [0.15, 0.2) is 10.8 Å². The Bertz CT molecular complexity index is 1220. The van der Waals surface area contributed by atoms with Crippen LogP contribution >= 0.6 is 38.9 Å². The minimum Gasteiger partial charge on any atom is -0.476 e. The number of carboxylic acids is 1. The second-order valence-corrected chi connectivity index (χ2v) is 9.66. The summed E-state index contributed by atoms with van der Waals surface area (Å²) in [5.41, 5.74) is 2.79. The lowest BCUT2D eigenvalue weighted by Crippen LogP contribution is -2.12. The van der Waals surface area contributed by atoms with Crippen LogP contribution in [0.25, 0.3) is 22.5 Å². The summed E-state index contributed by atoms with van der Waals surface area (Å²) < 4.78 is 2.63. The number of H-pyrrole nitrogens is 1. The van der Waals surface area contributed by atoms with Gasteiger partial charge in [-0.15, -0.1) is 21.5 Å². The number of aromatic carboxylic acids is 1. The van der Waals surface area contributed by atoms with Gasteiger partial charge in [-0.3, -0.25) is 0 Å². The topological polar surface area (TPSA) is 110 Å². The van der Waals surface area contributed by atoms with Crippen molar-refractivity contribution in [3.8, 4) is 22.5 Å². The Morgan fingerprint density at radius 1 is 1.29 bits per heavy atom. The van der Waals surface area contributed by atoms with Crippen LogP contribution in [0.5, 0.6) is 0 Å². The number of hydrogen-bond acceptors (Lipinski definition) is 6. The Balaban J connectivity index is 1.73. The number of hydrogen-bond donors (Lipinski definition) is 2. The van der Waals surface area contributed by atoms with Crippen molar-refractivity contribution in [1.82, 2.24) is 30.2 Å². The average Bonchev–Trinajstić information content (AvgIpc) is 3.46. The average molecular weight is 522 g/mol. The van der Waals surface area contributed by atoms with Gasteiger partial charge < -0.3 is 9.67 Å². The fourth-order valence-electron chi connectivity index (χ4n) is 3.39. The molecule has 31 heavy (non-hydrogen) atoms. The van der Waals surface area contributed by atoms with Gasteiger partial charge in [-0.05, 0) is 39.2 Å². The monoisotopic (exact) mass is 520 g/mol. The Morgan fingerprint density at radius 2 is 2.06 bits per heavy atom. The molecule has 0 unspecified atom stereocenters. The predicted molar refractivity (Wildman–Crippen MR) is 123 cm³/mol. The lowest BCUT2D eigenvalue weighted by Gasteiger charge is -2.08. The van der Waals surface area contributed by atoms with Crippen molar-refractivity contribution in [3.05, 3.63) is 55.7 Å². The van der Waals surface area contributed by atoms with Gasteiger partial charge in [-0.1, -0.05) is 49.2 Å². The van der Waals surface area contributed by atoms with E-state index in [9.17, 15) is 9.90 Å². The summed E-state index contributed by atoms with van der Waals surface area (Å²) >= 11 is 11.4. The quantitative estimate of drug-likeness (QED) is 0.326. The Labute approximate surface area is 195 Å². The number of carbonyl (C=O) groups is 1. The number of thiophene rings is 1. The number of halogens is 2. The number of carboxylic acid groups (broad SMARTS) is 1. The normalized spacial score (nSPS) is 11.2. The van der Waals surface area contributed by atoms with E-state index in [2.05, 4.69) is 48.5 Å². The SMILES string of the molecule is CCCCc1nc(Cl)c(C(=O)O)n1Cc1cc(-c2ccccc2-c2nn[nH]n2)c(Br)s1. The summed E-state index contributed by atoms with van der Waals surface area (Å²) in [6.45, 7) is 2.45. The van der Waals surface area contributed by atoms with Crippen LogP contribution in [0.3, 0.4) is 0 Å². The minimum atomic E-state index is -1.08. The smallest absolute Gasteiger partial charge is 0.355 e. The van der Waals surface area contributed by atoms with Crippen LogP contribution < -0.4 is 0 Å². The van der Waals surface area contributed by atoms with Crippen LogP contribution in [0.15, 0.2) is 34.1 Å². The number of aryl methyl sites for hydroxylation is 1. The molecule has 0 saturated heterocycles. The minimum absolute atomic E-state index is 0.0195. The van der Waals surface area contributed by atoms with Crippen molar-refractivity contribution in [2.75, 3.05) is 0 Å². The zero-order chi connectivity index (χ0) is 22.0. The largest absolute Gasteiger partial charge is 0.476 e. The molecule has 0 aliphatic rings. The molecule has 1 aromatic carbocycles. The van der Waals surface area contributed by atoms with Crippen LogP contribution in [0.2, 0.25) is 5.15 Å². The van der Waals surface area contributed by atoms with Crippen molar-refractivity contribution < 1.29 is 9.90 Å². The number of tetrazole rings is 1. The van der Waals surface area contributed by atoms with Gasteiger partial charge in [0.05, 0.1) is 10.3 Å². The molecule has 0 amide bonds. The van der Waals surface area contributed by atoms with Crippen molar-refractivity contribution in [2.24, 2.45) is 0 Å². The zero-order valence-corrected chi connectivity index (χ0v) is 19.6. The molecule has 0 bridgehead atoms. The molecule has 4 rings (SSSR count). The molecule has 2 N–H and O–H groups in total. The number of aromatic nitrogens is 6. The highest BCUT2D eigenvalue weighted by Gasteiger charge is 2.23. The lowest BCUT2D eigenvalue weighted by molar-refractivity contribution is 0.0685. The standard InChI is InChI=1S/C20H18BrClN6O2S/c1-2-3-8-15-23-18(22)16(20(29)30)28(15)10-11-9-14(17(21)31-11)12-6-4-5-7-13(12)19-24-26-27-25-19/h4-7,9H,2-3,8,10H2,1H3,(H,29,30)(H,24,25,26,27). The first kappa shape index (κ1) is 21.7. The summed E-state index contributed by atoms with van der Waals surface area (Å²) in [6.07, 6.45) is 2.56. The third-order valence-electron chi connectivity index (χ3n) is 4.82. The fourth-order valence-corrected chi connectivity index (χ4v) is 5.50. The van der Waals surface area contributed by atoms with Crippen molar-refractivity contribution >= 4 is 44.8 Å². The van der Waals surface area contributed by atoms with Crippen molar-refractivity contribution in [3.63, 3.8) is 0 Å². The zero-order valence-electron chi connectivity index (χ0n) is 16.5. The molecule has 0 fully saturated rings. The molecule has 11 heteroatoms. The highest BCUT2D eigenvalue weighted by Crippen LogP contribution is 2.40. The number of imidazole rings is 1. The first-order valence-corrected chi connectivity index (χ1v) is 11.6. The summed E-state index contributed by atoms with van der Waals surface area (Å²) in [4.78, 5) is 17.1. The molecule has 160 valence electrons. The highest BCUT2D eigenvalue weighted by molar-refractivity contribution is 9.11. The molecule has 3 heterocycles. The van der Waals surface area contributed by atoms with Crippen LogP contribution in [-0.4, -0.2) is 41.3 Å². The molecule has 0 spiro atoms. The Kier molecular flexibility index (Phi) is 6.49. The molecule has 0 atom stereocenters. The van der Waals surface area contributed by atoms with Crippen LogP contribution in [0.1, 0.15) is 41.0 Å². The summed E-state index contributed by atoms with van der Waals surface area (Å²) in [5, 5.41) is 24.0. The van der Waals surface area contributed by atoms with E-state index in [-0.39, 0.29) is 10.8 Å². The number of nitrogens with zero attached hydrogens (tertiary/aromatic N) is 5. The molecule has 0 saturated carbocycles. The molecule has 0 aliphatic carbocycles. The van der Waals surface area contributed by atoms with E-state index in [4.69, 9.17) is 11.6 Å². The first-order chi connectivity index (χ1) is 15.0. The molecular formula is C20H18BrClN6O2S. The summed E-state index contributed by atoms with van der Waals surface area (Å²) in [6, 6.07) is 9.83. The van der Waals surface area contributed by atoms with Crippen LogP contribution in [0.4, 0.5) is 0 Å². The van der Waals surface area contributed by atoms with Gasteiger partial charge in [0, 0.05) is 22.4 Å². The number of rotatable bonds is 8. The molecule has 4 aromatic rings. The number of aromatic amines is 1. The third-order valence-corrected chi connectivity index (χ3v) is 6.90. The Hall–Kier alpha value is -2.56. The first-order valence-electron chi connectivity index (χ1n) is 9.59. The maximum Gasteiger partial charge on any atom is 0.355 e. The predicted octanol–water partition coefficient (Wildman–Crippen LogP) is 5.30. The van der Waals surface area contributed by atoms with E-state index < -0.39 is 5.97 Å². The van der Waals surface area contributed by atoms with Gasteiger partial charge in [0.25, 0.3) is 0 Å². The summed E-state index contributed by atoms with van der Waals surface area (Å²) in [7, 11) is 0. The van der Waals surface area contributed by atoms with Crippen LogP contribution in [0, 0.1) is 0 Å². The number of unbranched alkanes of at least 4 members (excludes halogenated alkanes) is 1. The maximum atomic E-state index is 11.8. The molecule has 8 nitrogen and oxygen atoms in total. The molecule has 0 aliphatic heterocycles. The third kappa shape index (κ3) is 4.41. The maximum absolute atomic E-state index is 11.8. The lowest BCUT2D eigenvalue weighted by atomic mass is 10.0. The number of nitrogens with one attached hydrogen (secondary N) is 1. The van der Waals surface area contributed by atoms with Gasteiger partial charge in [-0.25, -0.2) is 9.78 Å². The second kappa shape index (κ2) is 9.29. The van der Waals surface area contributed by atoms with E-state index in [1.54, 1.807) is 4.57 Å². The van der Waals surface area contributed by atoms with Gasteiger partial charge in [0.2, 0.25) is 5.82 Å². The Morgan fingerprint density at radius 3 is 2.74 bits per heavy atom. The van der Waals surface area contributed by atoms with E-state index in [1.165, 1.54) is 11.3 Å². The molecular weight excluding hydrogens is 504 g/mol. The van der Waals surface area contributed by atoms with E-state index in [0.29, 0.717) is 24.6 Å². The van der Waals surface area contributed by atoms with Crippen LogP contribution in [-0.2, 0) is 13.0 Å². The second-order valence-electron chi connectivity index (χ2n) is 6.84.